The predicted octanol–water partition coefficient (Wildman–Crippen LogP) is 6.14. The molecule has 4 rings (SSSR count). The van der Waals surface area contributed by atoms with Crippen LogP contribution in [0.1, 0.15) is 20.9 Å². The number of carbonyl (C=O) groups excluding carboxylic acids is 2. The van der Waals surface area contributed by atoms with E-state index in [1.807, 2.05) is 18.2 Å². The second-order valence-electron chi connectivity index (χ2n) is 7.40. The third-order valence-electron chi connectivity index (χ3n) is 5.05. The number of ether oxygens (including phenoxy) is 2. The molecule has 0 aliphatic heterocycles. The molecule has 0 unspecified atom stereocenters. The maximum absolute atomic E-state index is 12.7. The van der Waals surface area contributed by atoms with Gasteiger partial charge in [-0.25, -0.2) is 0 Å². The van der Waals surface area contributed by atoms with E-state index in [9.17, 15) is 9.59 Å². The van der Waals surface area contributed by atoms with Crippen LogP contribution < -0.4 is 25.4 Å². The lowest BCUT2D eigenvalue weighted by Crippen LogP contribution is -2.34. The monoisotopic (exact) mass is 543 g/mol. The van der Waals surface area contributed by atoms with Crippen molar-refractivity contribution in [3.8, 4) is 11.5 Å². The zero-order valence-corrected chi connectivity index (χ0v) is 21.3. The van der Waals surface area contributed by atoms with Gasteiger partial charge >= 0.3 is 0 Å². The highest BCUT2D eigenvalue weighted by atomic mass is 35.5. The van der Waals surface area contributed by atoms with E-state index in [-0.39, 0.29) is 32.2 Å². The van der Waals surface area contributed by atoms with Crippen molar-refractivity contribution in [2.24, 2.45) is 0 Å². The van der Waals surface area contributed by atoms with Gasteiger partial charge < -0.3 is 24.5 Å². The Kier molecular flexibility index (Phi) is 7.64. The van der Waals surface area contributed by atoms with Crippen LogP contribution in [0.3, 0.4) is 0 Å². The molecule has 1 aromatic heterocycles. The van der Waals surface area contributed by atoms with Gasteiger partial charge in [-0.15, -0.1) is 0 Å². The fourth-order valence-corrected chi connectivity index (χ4v) is 4.23. The molecule has 3 N–H and O–H groups in total. The SMILES string of the molecule is COc1cc(NC(=S)NC(=O)c2cc(Cl)c(OC)c(Cl)c2)ccc1NC(=O)c1cc2ccccc2o1. The van der Waals surface area contributed by atoms with Crippen molar-refractivity contribution in [3.63, 3.8) is 0 Å². The van der Waals surface area contributed by atoms with E-state index in [0.29, 0.717) is 22.7 Å². The number of anilines is 2. The molecule has 4 aromatic rings. The Bertz CT molecular complexity index is 1430. The average molecular weight is 544 g/mol. The van der Waals surface area contributed by atoms with Crippen LogP contribution in [-0.4, -0.2) is 31.1 Å². The number of fused-ring (bicyclic) bond motifs is 1. The molecule has 0 aliphatic carbocycles. The summed E-state index contributed by atoms with van der Waals surface area (Å²) in [6.45, 7) is 0. The second kappa shape index (κ2) is 10.9. The number of rotatable bonds is 6. The molecular formula is C25H19Cl2N3O5S. The molecule has 0 spiro atoms. The molecule has 0 fully saturated rings. The minimum absolute atomic E-state index is 0.0316. The summed E-state index contributed by atoms with van der Waals surface area (Å²) in [5.74, 6) is -0.129. The number of hydrogen-bond donors (Lipinski definition) is 3. The number of benzene rings is 3. The Hall–Kier alpha value is -3.79. The lowest BCUT2D eigenvalue weighted by atomic mass is 10.2. The van der Waals surface area contributed by atoms with Crippen molar-refractivity contribution in [1.82, 2.24) is 5.32 Å². The highest BCUT2D eigenvalue weighted by Crippen LogP contribution is 2.34. The summed E-state index contributed by atoms with van der Waals surface area (Å²) in [6, 6.07) is 16.8. The number of hydrogen-bond acceptors (Lipinski definition) is 6. The van der Waals surface area contributed by atoms with Gasteiger partial charge in [-0.3, -0.25) is 14.9 Å². The van der Waals surface area contributed by atoms with Crippen molar-refractivity contribution in [2.45, 2.75) is 0 Å². The zero-order valence-electron chi connectivity index (χ0n) is 19.0. The minimum atomic E-state index is -0.513. The predicted molar refractivity (Wildman–Crippen MR) is 144 cm³/mol. The first-order valence-electron chi connectivity index (χ1n) is 10.4. The average Bonchev–Trinajstić information content (AvgIpc) is 3.29. The van der Waals surface area contributed by atoms with Gasteiger partial charge in [0.25, 0.3) is 11.8 Å². The Morgan fingerprint density at radius 3 is 2.28 bits per heavy atom. The van der Waals surface area contributed by atoms with E-state index in [4.69, 9.17) is 49.3 Å². The van der Waals surface area contributed by atoms with Crippen molar-refractivity contribution in [3.05, 3.63) is 82.0 Å². The highest BCUT2D eigenvalue weighted by Gasteiger charge is 2.17. The van der Waals surface area contributed by atoms with Crippen LogP contribution in [0.15, 0.2) is 65.1 Å². The summed E-state index contributed by atoms with van der Waals surface area (Å²) in [5.41, 5.74) is 1.76. The van der Waals surface area contributed by atoms with E-state index in [2.05, 4.69) is 16.0 Å². The molecule has 0 aliphatic rings. The smallest absolute Gasteiger partial charge is 0.291 e. The number of thiocarbonyl (C=S) groups is 1. The number of nitrogens with one attached hydrogen (secondary N) is 3. The molecule has 2 amide bonds. The van der Waals surface area contributed by atoms with Gasteiger partial charge in [0, 0.05) is 22.7 Å². The van der Waals surface area contributed by atoms with Gasteiger partial charge in [0.05, 0.1) is 30.0 Å². The van der Waals surface area contributed by atoms with E-state index >= 15 is 0 Å². The molecule has 36 heavy (non-hydrogen) atoms. The van der Waals surface area contributed by atoms with Crippen molar-refractivity contribution >= 4 is 74.7 Å². The van der Waals surface area contributed by atoms with Crippen LogP contribution in [0, 0.1) is 0 Å². The number of methoxy groups -OCH3 is 2. The third kappa shape index (κ3) is 5.54. The van der Waals surface area contributed by atoms with Crippen molar-refractivity contribution in [2.75, 3.05) is 24.9 Å². The van der Waals surface area contributed by atoms with Gasteiger partial charge in [-0.05, 0) is 48.6 Å². The lowest BCUT2D eigenvalue weighted by molar-refractivity contribution is 0.0975. The Labute approximate surface area is 221 Å². The van der Waals surface area contributed by atoms with Gasteiger partial charge in [0.1, 0.15) is 11.3 Å². The molecule has 0 atom stereocenters. The highest BCUT2D eigenvalue weighted by molar-refractivity contribution is 7.80. The Morgan fingerprint density at radius 1 is 0.889 bits per heavy atom. The molecular weight excluding hydrogens is 525 g/mol. The molecule has 1 heterocycles. The fourth-order valence-electron chi connectivity index (χ4n) is 3.37. The summed E-state index contributed by atoms with van der Waals surface area (Å²) < 4.78 is 16.1. The van der Waals surface area contributed by atoms with Crippen LogP contribution in [0.25, 0.3) is 11.0 Å². The zero-order chi connectivity index (χ0) is 25.8. The summed E-state index contributed by atoms with van der Waals surface area (Å²) >= 11 is 17.5. The van der Waals surface area contributed by atoms with Crippen LogP contribution in [-0.2, 0) is 0 Å². The van der Waals surface area contributed by atoms with Gasteiger partial charge in [-0.2, -0.15) is 0 Å². The number of halogens is 2. The molecule has 0 saturated heterocycles. The molecule has 11 heteroatoms. The van der Waals surface area contributed by atoms with E-state index < -0.39 is 11.8 Å². The van der Waals surface area contributed by atoms with Gasteiger partial charge in [0.15, 0.2) is 16.6 Å². The normalized spacial score (nSPS) is 10.6. The summed E-state index contributed by atoms with van der Waals surface area (Å²) in [7, 11) is 2.89. The fraction of sp³-hybridized carbons (Fsp3) is 0.0800. The number of furan rings is 1. The van der Waals surface area contributed by atoms with Gasteiger partial charge in [0.2, 0.25) is 0 Å². The maximum Gasteiger partial charge on any atom is 0.291 e. The first-order valence-corrected chi connectivity index (χ1v) is 11.6. The molecule has 0 radical (unpaired) electrons. The summed E-state index contributed by atoms with van der Waals surface area (Å²) in [6.07, 6.45) is 0. The lowest BCUT2D eigenvalue weighted by Gasteiger charge is -2.14. The van der Waals surface area contributed by atoms with Crippen molar-refractivity contribution < 1.29 is 23.5 Å². The topological polar surface area (TPSA) is 102 Å². The largest absolute Gasteiger partial charge is 0.494 e. The summed E-state index contributed by atoms with van der Waals surface area (Å²) in [4.78, 5) is 25.3. The standard InChI is InChI=1S/C25H19Cl2N3O5S/c1-33-20-12-15(28-25(36)30-23(31)14-9-16(26)22(34-2)17(27)10-14)7-8-18(20)29-24(32)21-11-13-5-3-4-6-19(13)35-21/h3-12H,1-2H3,(H,29,32)(H2,28,30,31,36). The quantitative estimate of drug-likeness (QED) is 0.251. The third-order valence-corrected chi connectivity index (χ3v) is 5.81. The maximum atomic E-state index is 12.7. The van der Waals surface area contributed by atoms with Crippen LogP contribution >= 0.6 is 35.4 Å². The van der Waals surface area contributed by atoms with E-state index in [1.165, 1.54) is 26.4 Å². The number of amides is 2. The first kappa shape index (κ1) is 25.3. The van der Waals surface area contributed by atoms with Crippen LogP contribution in [0.2, 0.25) is 10.0 Å². The minimum Gasteiger partial charge on any atom is -0.494 e. The first-order chi connectivity index (χ1) is 17.3. The Balaban J connectivity index is 1.43. The number of carbonyl (C=O) groups is 2. The van der Waals surface area contributed by atoms with Gasteiger partial charge in [-0.1, -0.05) is 41.4 Å². The van der Waals surface area contributed by atoms with Crippen LogP contribution in [0.4, 0.5) is 11.4 Å². The molecule has 8 nitrogen and oxygen atoms in total. The molecule has 3 aromatic carbocycles. The van der Waals surface area contributed by atoms with Crippen molar-refractivity contribution in [1.29, 1.82) is 0 Å². The molecule has 0 bridgehead atoms. The molecule has 184 valence electrons. The van der Waals surface area contributed by atoms with E-state index in [1.54, 1.807) is 30.3 Å². The number of para-hydroxylation sites is 1. The van der Waals surface area contributed by atoms with E-state index in [0.717, 1.165) is 5.39 Å². The summed E-state index contributed by atoms with van der Waals surface area (Å²) in [5, 5.41) is 9.46. The van der Waals surface area contributed by atoms with Crippen LogP contribution in [0.5, 0.6) is 11.5 Å². The second-order valence-corrected chi connectivity index (χ2v) is 8.62. The molecule has 0 saturated carbocycles. The Morgan fingerprint density at radius 2 is 1.61 bits per heavy atom.